The lowest BCUT2D eigenvalue weighted by Crippen LogP contribution is -2.33. The number of imidazole rings is 1. The second kappa shape index (κ2) is 9.51. The molecule has 3 aromatic rings. The molecule has 0 bridgehead atoms. The van der Waals surface area contributed by atoms with Gasteiger partial charge in [-0.25, -0.2) is 14.2 Å². The maximum absolute atomic E-state index is 14.9. The minimum Gasteiger partial charge on any atom is -0.442 e. The van der Waals surface area contributed by atoms with Gasteiger partial charge < -0.3 is 20.4 Å². The zero-order chi connectivity index (χ0) is 23.4. The lowest BCUT2D eigenvalue weighted by atomic mass is 10.0. The number of H-pyrrole nitrogens is 1. The van der Waals surface area contributed by atoms with Gasteiger partial charge in [0.1, 0.15) is 17.6 Å². The molecule has 0 spiro atoms. The Hall–Kier alpha value is -4.21. The molecule has 10 heteroatoms. The number of halogens is 1. The first-order valence-corrected chi connectivity index (χ1v) is 10.3. The number of rotatable bonds is 8. The van der Waals surface area contributed by atoms with Gasteiger partial charge in [0.05, 0.1) is 25.1 Å². The highest BCUT2D eigenvalue weighted by Gasteiger charge is 2.32. The molecule has 2 heterocycles. The third-order valence-corrected chi connectivity index (χ3v) is 5.23. The summed E-state index contributed by atoms with van der Waals surface area (Å²) in [6, 6.07) is 11.9. The highest BCUT2D eigenvalue weighted by molar-refractivity contribution is 5.90. The fourth-order valence-corrected chi connectivity index (χ4v) is 3.53. The van der Waals surface area contributed by atoms with E-state index in [1.807, 2.05) is 12.1 Å². The van der Waals surface area contributed by atoms with Crippen molar-refractivity contribution in [2.45, 2.75) is 19.6 Å². The maximum Gasteiger partial charge on any atom is 0.414 e. The average Bonchev–Trinajstić information content (AvgIpc) is 3.42. The van der Waals surface area contributed by atoms with Gasteiger partial charge in [0.15, 0.2) is 12.1 Å². The van der Waals surface area contributed by atoms with Crippen LogP contribution in [-0.4, -0.2) is 47.4 Å². The Bertz CT molecular complexity index is 1180. The predicted molar refractivity (Wildman–Crippen MR) is 119 cm³/mol. The van der Waals surface area contributed by atoms with E-state index in [0.29, 0.717) is 41.2 Å². The first-order chi connectivity index (χ1) is 15.9. The molecule has 170 valence electrons. The number of benzene rings is 2. The topological polar surface area (TPSA) is 116 Å². The van der Waals surface area contributed by atoms with Crippen molar-refractivity contribution in [2.24, 2.45) is 0 Å². The van der Waals surface area contributed by atoms with E-state index in [0.717, 1.165) is 5.56 Å². The van der Waals surface area contributed by atoms with Crippen molar-refractivity contribution < 1.29 is 23.5 Å². The first-order valence-electron chi connectivity index (χ1n) is 10.3. The summed E-state index contributed by atoms with van der Waals surface area (Å²) in [7, 11) is 0. The number of carbonyl (C=O) groups excluding carboxylic acids is 3. The van der Waals surface area contributed by atoms with Crippen LogP contribution in [0, 0.1) is 5.82 Å². The number of aldehydes is 1. The Morgan fingerprint density at radius 3 is 2.79 bits per heavy atom. The SMILES string of the molecule is CC(=O)NC[C@H]1CN(c2ccc(-c3ccc(CNc4nc[nH]c4C=O)cc3)c(F)c2)C(=O)O1. The van der Waals surface area contributed by atoms with E-state index in [1.165, 1.54) is 24.2 Å². The van der Waals surface area contributed by atoms with Crippen molar-refractivity contribution in [2.75, 3.05) is 23.3 Å². The third-order valence-electron chi connectivity index (χ3n) is 5.23. The number of nitrogens with one attached hydrogen (secondary N) is 3. The van der Waals surface area contributed by atoms with Crippen LogP contribution in [0.1, 0.15) is 23.0 Å². The molecule has 0 unspecified atom stereocenters. The summed E-state index contributed by atoms with van der Waals surface area (Å²) in [5.74, 6) is -0.215. The lowest BCUT2D eigenvalue weighted by molar-refractivity contribution is -0.119. The van der Waals surface area contributed by atoms with Gasteiger partial charge in [0, 0.05) is 19.0 Å². The summed E-state index contributed by atoms with van der Waals surface area (Å²) < 4.78 is 20.1. The molecular formula is C23H22FN5O4. The summed E-state index contributed by atoms with van der Waals surface area (Å²) >= 11 is 0. The predicted octanol–water partition coefficient (Wildman–Crippen LogP) is 3.10. The van der Waals surface area contributed by atoms with E-state index in [9.17, 15) is 18.8 Å². The molecule has 1 fully saturated rings. The van der Waals surface area contributed by atoms with E-state index >= 15 is 0 Å². The zero-order valence-electron chi connectivity index (χ0n) is 17.8. The van der Waals surface area contributed by atoms with Gasteiger partial charge in [-0.15, -0.1) is 0 Å². The summed E-state index contributed by atoms with van der Waals surface area (Å²) in [5.41, 5.74) is 2.77. The van der Waals surface area contributed by atoms with Crippen molar-refractivity contribution in [1.82, 2.24) is 15.3 Å². The van der Waals surface area contributed by atoms with Gasteiger partial charge in [-0.2, -0.15) is 0 Å². The van der Waals surface area contributed by atoms with Crippen LogP contribution in [0.5, 0.6) is 0 Å². The molecule has 1 saturated heterocycles. The van der Waals surface area contributed by atoms with Gasteiger partial charge in [0.2, 0.25) is 5.91 Å². The van der Waals surface area contributed by atoms with Gasteiger partial charge >= 0.3 is 6.09 Å². The number of cyclic esters (lactones) is 1. The molecular weight excluding hydrogens is 429 g/mol. The standard InChI is InChI=1S/C23H22FN5O4/c1-14(31)25-10-18-11-29(23(32)33-18)17-6-7-19(20(24)8-17)16-4-2-15(3-5-16)9-26-22-21(12-30)27-13-28-22/h2-8,12-13,18,26H,9-11H2,1H3,(H,25,31)(H,27,28)/t18-/m0/s1. The molecule has 1 aliphatic heterocycles. The van der Waals surface area contributed by atoms with Gasteiger partial charge in [-0.3, -0.25) is 14.5 Å². The number of anilines is 2. The van der Waals surface area contributed by atoms with Crippen molar-refractivity contribution in [1.29, 1.82) is 0 Å². The minimum atomic E-state index is -0.580. The number of aromatic nitrogens is 2. The number of carbonyl (C=O) groups is 3. The quantitative estimate of drug-likeness (QED) is 0.453. The van der Waals surface area contributed by atoms with E-state index < -0.39 is 18.0 Å². The molecule has 9 nitrogen and oxygen atoms in total. The van der Waals surface area contributed by atoms with Crippen LogP contribution in [0.4, 0.5) is 20.7 Å². The van der Waals surface area contributed by atoms with E-state index in [-0.39, 0.29) is 19.0 Å². The van der Waals surface area contributed by atoms with E-state index in [2.05, 4.69) is 20.6 Å². The molecule has 1 atom stereocenters. The van der Waals surface area contributed by atoms with Crippen molar-refractivity contribution in [3.63, 3.8) is 0 Å². The number of aromatic amines is 1. The Morgan fingerprint density at radius 1 is 1.30 bits per heavy atom. The molecule has 33 heavy (non-hydrogen) atoms. The highest BCUT2D eigenvalue weighted by Crippen LogP contribution is 2.29. The minimum absolute atomic E-state index is 0.204. The van der Waals surface area contributed by atoms with Crippen molar-refractivity contribution in [3.05, 3.63) is 65.9 Å². The molecule has 1 aromatic heterocycles. The van der Waals surface area contributed by atoms with Crippen LogP contribution < -0.4 is 15.5 Å². The zero-order valence-corrected chi connectivity index (χ0v) is 17.8. The molecule has 4 rings (SSSR count). The van der Waals surface area contributed by atoms with Gasteiger partial charge in [-0.1, -0.05) is 24.3 Å². The smallest absolute Gasteiger partial charge is 0.414 e. The molecule has 3 N–H and O–H groups in total. The first kappa shape index (κ1) is 22.0. The summed E-state index contributed by atoms with van der Waals surface area (Å²) in [6.45, 7) is 2.26. The van der Waals surface area contributed by atoms with Crippen LogP contribution in [0.2, 0.25) is 0 Å². The lowest BCUT2D eigenvalue weighted by Gasteiger charge is -2.15. The monoisotopic (exact) mass is 451 g/mol. The fourth-order valence-electron chi connectivity index (χ4n) is 3.53. The average molecular weight is 451 g/mol. The summed E-state index contributed by atoms with van der Waals surface area (Å²) in [5, 5.41) is 5.68. The van der Waals surface area contributed by atoms with Gasteiger partial charge in [-0.05, 0) is 29.3 Å². The van der Waals surface area contributed by atoms with Crippen LogP contribution in [-0.2, 0) is 16.1 Å². The van der Waals surface area contributed by atoms with E-state index in [4.69, 9.17) is 4.74 Å². The van der Waals surface area contributed by atoms with E-state index in [1.54, 1.807) is 24.3 Å². The Kier molecular flexibility index (Phi) is 6.34. The normalized spacial score (nSPS) is 15.3. The summed E-state index contributed by atoms with van der Waals surface area (Å²) in [6.07, 6.45) is 1.06. The van der Waals surface area contributed by atoms with Crippen LogP contribution >= 0.6 is 0 Å². The second-order valence-corrected chi connectivity index (χ2v) is 7.55. The molecule has 0 aliphatic carbocycles. The number of nitrogens with zero attached hydrogens (tertiary/aromatic N) is 2. The Labute approximate surface area is 189 Å². The highest BCUT2D eigenvalue weighted by atomic mass is 19.1. The molecule has 2 amide bonds. The van der Waals surface area contributed by atoms with Gasteiger partial charge in [0.25, 0.3) is 0 Å². The van der Waals surface area contributed by atoms with Crippen LogP contribution in [0.3, 0.4) is 0 Å². The molecule has 0 radical (unpaired) electrons. The molecule has 2 aromatic carbocycles. The third kappa shape index (κ3) is 5.00. The number of hydrogen-bond acceptors (Lipinski definition) is 6. The number of ether oxygens (including phenoxy) is 1. The number of amides is 2. The summed E-state index contributed by atoms with van der Waals surface area (Å²) in [4.78, 5) is 42.3. The van der Waals surface area contributed by atoms with Crippen LogP contribution in [0.25, 0.3) is 11.1 Å². The fraction of sp³-hybridized carbons (Fsp3) is 0.217. The molecule has 0 saturated carbocycles. The number of hydrogen-bond donors (Lipinski definition) is 3. The molecule has 1 aliphatic rings. The van der Waals surface area contributed by atoms with Crippen LogP contribution in [0.15, 0.2) is 48.8 Å². The Balaban J connectivity index is 1.42. The second-order valence-electron chi connectivity index (χ2n) is 7.55. The van der Waals surface area contributed by atoms with Crippen molar-refractivity contribution in [3.8, 4) is 11.1 Å². The van der Waals surface area contributed by atoms with Crippen molar-refractivity contribution >= 4 is 29.8 Å². The Morgan fingerprint density at radius 2 is 2.09 bits per heavy atom. The maximum atomic E-state index is 14.9. The largest absolute Gasteiger partial charge is 0.442 e.